The van der Waals surface area contributed by atoms with Gasteiger partial charge in [0.1, 0.15) is 11.6 Å². The lowest BCUT2D eigenvalue weighted by atomic mass is 9.99. The van der Waals surface area contributed by atoms with E-state index >= 15 is 0 Å². The highest BCUT2D eigenvalue weighted by atomic mass is 15.0. The number of nitrogens with zero attached hydrogens (tertiary/aromatic N) is 9. The molecule has 0 atom stereocenters. The van der Waals surface area contributed by atoms with Crippen LogP contribution in [0.15, 0.2) is 249 Å². The number of rotatable bonds is 9. The summed E-state index contributed by atoms with van der Waals surface area (Å²) in [6, 6.07) is 93.6. The normalized spacial score (nSPS) is 11.0. The Bertz CT molecular complexity index is 4720. The first-order valence-electron chi connectivity index (χ1n) is 27.1. The third kappa shape index (κ3) is 8.72. The lowest BCUT2D eigenvalue weighted by molar-refractivity contribution is 1.11. The first-order chi connectivity index (χ1) is 41.4. The average Bonchev–Trinajstić information content (AvgIpc) is 2.40. The van der Waals surface area contributed by atoms with Gasteiger partial charge < -0.3 is 9.13 Å². The molecule has 14 rings (SSSR count). The first-order valence-corrected chi connectivity index (χ1v) is 27.1. The van der Waals surface area contributed by atoms with E-state index in [-0.39, 0.29) is 0 Å². The van der Waals surface area contributed by atoms with E-state index in [0.29, 0.717) is 50.7 Å². The van der Waals surface area contributed by atoms with Gasteiger partial charge in [0.2, 0.25) is 0 Å². The molecule has 0 bridgehead atoms. The summed E-state index contributed by atoms with van der Waals surface area (Å²) in [5.41, 5.74) is 18.2. The summed E-state index contributed by atoms with van der Waals surface area (Å²) in [4.78, 5) is 10.6. The van der Waals surface area contributed by atoms with Crippen LogP contribution in [0, 0.1) is 56.7 Å². The molecule has 0 spiro atoms. The number of aromatic nitrogens is 4. The fourth-order valence-corrected chi connectivity index (χ4v) is 11.7. The first kappa shape index (κ1) is 49.8. The van der Waals surface area contributed by atoms with E-state index in [0.717, 1.165) is 111 Å². The zero-order valence-electron chi connectivity index (χ0n) is 44.7. The second-order valence-electron chi connectivity index (χ2n) is 20.6. The van der Waals surface area contributed by atoms with Crippen molar-refractivity contribution >= 4 is 43.6 Å². The van der Waals surface area contributed by atoms with Gasteiger partial charge in [-0.2, -0.15) is 26.3 Å². The van der Waals surface area contributed by atoms with Crippen LogP contribution in [0.1, 0.15) is 27.8 Å². The molecule has 0 aliphatic carbocycles. The standard InChI is InChI=1S/C75H41N9/c76-42-47-11-7-19-53(31-47)57-23-27-69-62(35-57)63-36-58(54-20-8-12-48(32-54)43-77)24-28-70(63)83(69)73-39-61(68-41-67(51-15-3-1-4-16-51)81-75(82-68)52-17-5-2-6-18-52)40-74(66(73)46-80)84-71-29-25-59(55-21-9-13-49(33-55)44-78)37-64(71)65-38-60(26-30-72(65)84)56-22-10-14-50(34-56)45-79/h1-41H. The van der Waals surface area contributed by atoms with Crippen molar-refractivity contribution in [3.8, 4) is 120 Å². The summed E-state index contributed by atoms with van der Waals surface area (Å²) in [5, 5.41) is 55.6. The van der Waals surface area contributed by atoms with Gasteiger partial charge in [-0.05, 0) is 160 Å². The fourth-order valence-electron chi connectivity index (χ4n) is 11.7. The Hall–Kier alpha value is -12.5. The minimum atomic E-state index is 0.394. The van der Waals surface area contributed by atoms with E-state index in [2.05, 4.69) is 124 Å². The zero-order valence-corrected chi connectivity index (χ0v) is 44.7. The number of hydrogen-bond donors (Lipinski definition) is 0. The van der Waals surface area contributed by atoms with Crippen molar-refractivity contribution in [2.45, 2.75) is 0 Å². The van der Waals surface area contributed by atoms with Gasteiger partial charge in [0.05, 0.1) is 91.4 Å². The molecule has 386 valence electrons. The van der Waals surface area contributed by atoms with Crippen LogP contribution in [0.2, 0.25) is 0 Å². The Morgan fingerprint density at radius 3 is 0.893 bits per heavy atom. The second-order valence-corrected chi connectivity index (χ2v) is 20.6. The highest BCUT2D eigenvalue weighted by Crippen LogP contribution is 2.44. The SMILES string of the molecule is N#Cc1cccc(-c2ccc3c(c2)c2cc(-c4cccc(C#N)c4)ccc2n3-c2cc(-c3cc(-c4ccccc4)nc(-c4ccccc4)n3)cc(-n3c4ccc(-c5cccc(C#N)c5)cc4c4cc(-c5cccc(C#N)c5)ccc43)c2C#N)c1. The van der Waals surface area contributed by atoms with Crippen LogP contribution >= 0.6 is 0 Å². The molecule has 0 radical (unpaired) electrons. The van der Waals surface area contributed by atoms with E-state index in [1.807, 2.05) is 140 Å². The molecule has 9 heteroatoms. The van der Waals surface area contributed by atoms with E-state index in [9.17, 15) is 26.3 Å². The van der Waals surface area contributed by atoms with Crippen LogP contribution in [-0.2, 0) is 0 Å². The molecule has 0 amide bonds. The minimum Gasteiger partial charge on any atom is -0.308 e. The number of nitriles is 5. The molecule has 0 fully saturated rings. The van der Waals surface area contributed by atoms with Crippen molar-refractivity contribution in [3.05, 3.63) is 277 Å². The minimum absolute atomic E-state index is 0.394. The van der Waals surface area contributed by atoms with Crippen molar-refractivity contribution in [2.75, 3.05) is 0 Å². The monoisotopic (exact) mass is 1070 g/mol. The molecule has 84 heavy (non-hydrogen) atoms. The van der Waals surface area contributed by atoms with E-state index in [1.165, 1.54) is 0 Å². The molecule has 0 saturated heterocycles. The van der Waals surface area contributed by atoms with Crippen molar-refractivity contribution in [3.63, 3.8) is 0 Å². The number of fused-ring (bicyclic) bond motifs is 6. The van der Waals surface area contributed by atoms with Gasteiger partial charge in [-0.15, -0.1) is 0 Å². The van der Waals surface area contributed by atoms with Crippen LogP contribution < -0.4 is 0 Å². The average molecular weight is 1070 g/mol. The largest absolute Gasteiger partial charge is 0.308 e. The summed E-state index contributed by atoms with van der Waals surface area (Å²) < 4.78 is 4.35. The predicted octanol–water partition coefficient (Wildman–Crippen LogP) is 17.7. The topological polar surface area (TPSA) is 155 Å². The van der Waals surface area contributed by atoms with Gasteiger partial charge >= 0.3 is 0 Å². The molecule has 14 aromatic rings. The molecule has 0 aliphatic heterocycles. The van der Waals surface area contributed by atoms with Crippen LogP contribution in [-0.4, -0.2) is 19.1 Å². The van der Waals surface area contributed by atoms with E-state index < -0.39 is 0 Å². The summed E-state index contributed by atoms with van der Waals surface area (Å²) in [7, 11) is 0. The highest BCUT2D eigenvalue weighted by Gasteiger charge is 2.25. The smallest absolute Gasteiger partial charge is 0.160 e. The van der Waals surface area contributed by atoms with Crippen molar-refractivity contribution in [2.24, 2.45) is 0 Å². The van der Waals surface area contributed by atoms with Gasteiger partial charge in [-0.3, -0.25) is 0 Å². The number of hydrogen-bond acceptors (Lipinski definition) is 7. The summed E-state index contributed by atoms with van der Waals surface area (Å²) in [5.74, 6) is 0.537. The molecule has 9 nitrogen and oxygen atoms in total. The third-order valence-electron chi connectivity index (χ3n) is 15.6. The maximum atomic E-state index is 12.1. The second kappa shape index (κ2) is 20.7. The molecule has 3 heterocycles. The maximum Gasteiger partial charge on any atom is 0.160 e. The molecule has 0 unspecified atom stereocenters. The van der Waals surface area contributed by atoms with Gasteiger partial charge in [0.15, 0.2) is 5.82 Å². The molecular weight excluding hydrogens is 1030 g/mol. The summed E-state index contributed by atoms with van der Waals surface area (Å²) >= 11 is 0. The quantitative estimate of drug-likeness (QED) is 0.139. The van der Waals surface area contributed by atoms with Gasteiger partial charge in [-0.25, -0.2) is 9.97 Å². The molecule has 11 aromatic carbocycles. The highest BCUT2D eigenvalue weighted by molar-refractivity contribution is 6.14. The van der Waals surface area contributed by atoms with Crippen molar-refractivity contribution in [1.82, 2.24) is 19.1 Å². The Morgan fingerprint density at radius 2 is 0.560 bits per heavy atom. The van der Waals surface area contributed by atoms with Crippen LogP contribution in [0.3, 0.4) is 0 Å². The zero-order chi connectivity index (χ0) is 56.8. The molecule has 3 aromatic heterocycles. The predicted molar refractivity (Wildman–Crippen MR) is 332 cm³/mol. The van der Waals surface area contributed by atoms with Gasteiger partial charge in [0, 0.05) is 38.2 Å². The van der Waals surface area contributed by atoms with Crippen molar-refractivity contribution in [1.29, 1.82) is 26.3 Å². The fraction of sp³-hybridized carbons (Fsp3) is 0. The Kier molecular flexibility index (Phi) is 12.2. The van der Waals surface area contributed by atoms with Crippen LogP contribution in [0.5, 0.6) is 0 Å². The van der Waals surface area contributed by atoms with E-state index in [1.54, 1.807) is 24.3 Å². The molecule has 0 N–H and O–H groups in total. The van der Waals surface area contributed by atoms with Gasteiger partial charge in [0.25, 0.3) is 0 Å². The van der Waals surface area contributed by atoms with E-state index in [4.69, 9.17) is 9.97 Å². The van der Waals surface area contributed by atoms with Gasteiger partial charge in [-0.1, -0.05) is 133 Å². The number of benzene rings is 11. The Balaban J connectivity index is 1.10. The third-order valence-corrected chi connectivity index (χ3v) is 15.6. The Morgan fingerprint density at radius 1 is 0.250 bits per heavy atom. The lowest BCUT2D eigenvalue weighted by Gasteiger charge is -2.19. The molecular formula is C75H41N9. The van der Waals surface area contributed by atoms with Crippen molar-refractivity contribution < 1.29 is 0 Å². The Labute approximate surface area is 483 Å². The summed E-state index contributed by atoms with van der Waals surface area (Å²) in [6.45, 7) is 0. The lowest BCUT2D eigenvalue weighted by Crippen LogP contribution is -2.06. The maximum absolute atomic E-state index is 12.1. The van der Waals surface area contributed by atoms with Crippen LogP contribution in [0.4, 0.5) is 0 Å². The summed E-state index contributed by atoms with van der Waals surface area (Å²) in [6.07, 6.45) is 0. The van der Waals surface area contributed by atoms with Crippen LogP contribution in [0.25, 0.3) is 133 Å². The molecule has 0 saturated carbocycles. The molecule has 0 aliphatic rings.